The summed E-state index contributed by atoms with van der Waals surface area (Å²) < 4.78 is 24.0. The van der Waals surface area contributed by atoms with E-state index in [1.165, 1.54) is 17.8 Å². The molecule has 0 aliphatic carbocycles. The number of hydrogen-bond donors (Lipinski definition) is 0. The van der Waals surface area contributed by atoms with E-state index >= 15 is 0 Å². The molecule has 1 saturated heterocycles. The van der Waals surface area contributed by atoms with Crippen LogP contribution in [0.3, 0.4) is 0 Å². The number of benzene rings is 1. The average Bonchev–Trinajstić information content (AvgIpc) is 2.71. The summed E-state index contributed by atoms with van der Waals surface area (Å²) in [5, 5.41) is 0.345. The van der Waals surface area contributed by atoms with Gasteiger partial charge in [-0.15, -0.1) is 11.8 Å². The van der Waals surface area contributed by atoms with Crippen molar-refractivity contribution in [1.29, 1.82) is 0 Å². The van der Waals surface area contributed by atoms with Gasteiger partial charge in [0.1, 0.15) is 5.82 Å². The lowest BCUT2D eigenvalue weighted by atomic mass is 10.2. The van der Waals surface area contributed by atoms with E-state index in [9.17, 15) is 4.39 Å². The van der Waals surface area contributed by atoms with Gasteiger partial charge >= 0.3 is 0 Å². The third-order valence-electron chi connectivity index (χ3n) is 2.15. The molecule has 15 heavy (non-hydrogen) atoms. The van der Waals surface area contributed by atoms with Gasteiger partial charge in [-0.25, -0.2) is 4.39 Å². The highest BCUT2D eigenvalue weighted by atomic mass is 35.5. The van der Waals surface area contributed by atoms with Crippen LogP contribution in [0.2, 0.25) is 5.02 Å². The number of halogens is 2. The van der Waals surface area contributed by atoms with Crippen molar-refractivity contribution in [2.45, 2.75) is 11.2 Å². The predicted molar refractivity (Wildman–Crippen MR) is 57.8 cm³/mol. The van der Waals surface area contributed by atoms with E-state index in [0.29, 0.717) is 28.7 Å². The van der Waals surface area contributed by atoms with Crippen LogP contribution in [0.5, 0.6) is 0 Å². The number of hydrogen-bond acceptors (Lipinski definition) is 3. The van der Waals surface area contributed by atoms with Gasteiger partial charge < -0.3 is 9.47 Å². The molecule has 1 heterocycles. The summed E-state index contributed by atoms with van der Waals surface area (Å²) in [6.45, 7) is 1.10. The third kappa shape index (κ3) is 2.28. The van der Waals surface area contributed by atoms with Gasteiger partial charge in [0, 0.05) is 10.5 Å². The second-order valence-corrected chi connectivity index (χ2v) is 4.34. The van der Waals surface area contributed by atoms with Gasteiger partial charge in [-0.2, -0.15) is 0 Å². The van der Waals surface area contributed by atoms with Crippen molar-refractivity contribution in [3.05, 3.63) is 28.5 Å². The average molecular weight is 249 g/mol. The zero-order chi connectivity index (χ0) is 10.8. The molecule has 0 atom stereocenters. The first kappa shape index (κ1) is 11.2. The molecule has 1 aliphatic heterocycles. The largest absolute Gasteiger partial charge is 0.346 e. The lowest BCUT2D eigenvalue weighted by Gasteiger charge is -2.12. The Morgan fingerprint density at radius 1 is 1.40 bits per heavy atom. The van der Waals surface area contributed by atoms with Gasteiger partial charge in [-0.3, -0.25) is 0 Å². The van der Waals surface area contributed by atoms with Gasteiger partial charge in [0.2, 0.25) is 0 Å². The second-order valence-electron chi connectivity index (χ2n) is 3.08. The fourth-order valence-corrected chi connectivity index (χ4v) is 2.16. The molecule has 2 nitrogen and oxygen atoms in total. The lowest BCUT2D eigenvalue weighted by Crippen LogP contribution is -2.00. The molecule has 1 aromatic carbocycles. The summed E-state index contributed by atoms with van der Waals surface area (Å²) in [6, 6.07) is 2.98. The van der Waals surface area contributed by atoms with Gasteiger partial charge in [-0.1, -0.05) is 11.6 Å². The molecule has 0 bridgehead atoms. The first-order valence-electron chi connectivity index (χ1n) is 4.48. The predicted octanol–water partition coefficient (Wildman–Crippen LogP) is 3.25. The van der Waals surface area contributed by atoms with E-state index in [4.69, 9.17) is 21.1 Å². The van der Waals surface area contributed by atoms with Crippen molar-refractivity contribution in [2.24, 2.45) is 0 Å². The van der Waals surface area contributed by atoms with Crippen LogP contribution in [0, 0.1) is 5.82 Å². The summed E-state index contributed by atoms with van der Waals surface area (Å²) in [6.07, 6.45) is 1.36. The van der Waals surface area contributed by atoms with Crippen LogP contribution in [0.15, 0.2) is 17.0 Å². The van der Waals surface area contributed by atoms with Crippen LogP contribution in [0.1, 0.15) is 11.9 Å². The van der Waals surface area contributed by atoms with Crippen molar-refractivity contribution in [2.75, 3.05) is 19.5 Å². The fraction of sp³-hybridized carbons (Fsp3) is 0.400. The molecule has 82 valence electrons. The minimum Gasteiger partial charge on any atom is -0.346 e. The Balaban J connectivity index is 2.37. The van der Waals surface area contributed by atoms with E-state index in [1.54, 1.807) is 6.07 Å². The smallest absolute Gasteiger partial charge is 0.185 e. The molecule has 1 fully saturated rings. The molecule has 0 spiro atoms. The van der Waals surface area contributed by atoms with Crippen LogP contribution in [0.25, 0.3) is 0 Å². The van der Waals surface area contributed by atoms with E-state index in [0.717, 1.165) is 0 Å². The minimum absolute atomic E-state index is 0.311. The van der Waals surface area contributed by atoms with Gasteiger partial charge in [0.25, 0.3) is 0 Å². The lowest BCUT2D eigenvalue weighted by molar-refractivity contribution is -0.0442. The third-order valence-corrected chi connectivity index (χ3v) is 3.23. The molecule has 5 heteroatoms. The van der Waals surface area contributed by atoms with Crippen molar-refractivity contribution in [3.8, 4) is 0 Å². The first-order chi connectivity index (χ1) is 7.22. The maximum atomic E-state index is 13.3. The second kappa shape index (κ2) is 4.70. The quantitative estimate of drug-likeness (QED) is 0.749. The van der Waals surface area contributed by atoms with Crippen LogP contribution in [-0.4, -0.2) is 19.5 Å². The maximum absolute atomic E-state index is 13.3. The molecule has 0 unspecified atom stereocenters. The van der Waals surface area contributed by atoms with E-state index in [-0.39, 0.29) is 5.82 Å². The zero-order valence-corrected chi connectivity index (χ0v) is 9.70. The molecule has 1 aromatic rings. The SMILES string of the molecule is CSc1cc(C2OCCO2)c(Cl)cc1F. The molecular formula is C10H10ClFO2S. The Morgan fingerprint density at radius 3 is 2.67 bits per heavy atom. The minimum atomic E-state index is -0.455. The summed E-state index contributed by atoms with van der Waals surface area (Å²) in [4.78, 5) is 0.550. The fourth-order valence-electron chi connectivity index (χ4n) is 1.42. The standard InChI is InChI=1S/C10H10ClFO2S/c1-15-9-4-6(7(11)5-8(9)12)10-13-2-3-14-10/h4-5,10H,2-3H2,1H3. The van der Waals surface area contributed by atoms with E-state index in [1.807, 2.05) is 6.26 Å². The Bertz CT molecular complexity index is 367. The molecule has 0 saturated carbocycles. The number of ether oxygens (including phenoxy) is 2. The molecule has 0 radical (unpaired) electrons. The monoisotopic (exact) mass is 248 g/mol. The number of thioether (sulfide) groups is 1. The first-order valence-corrected chi connectivity index (χ1v) is 6.09. The van der Waals surface area contributed by atoms with Crippen molar-refractivity contribution < 1.29 is 13.9 Å². The van der Waals surface area contributed by atoms with E-state index in [2.05, 4.69) is 0 Å². The van der Waals surface area contributed by atoms with Crippen LogP contribution < -0.4 is 0 Å². The van der Waals surface area contributed by atoms with Crippen LogP contribution in [-0.2, 0) is 9.47 Å². The number of rotatable bonds is 2. The van der Waals surface area contributed by atoms with Crippen molar-refractivity contribution in [1.82, 2.24) is 0 Å². The molecule has 0 aromatic heterocycles. The van der Waals surface area contributed by atoms with Gasteiger partial charge in [0.05, 0.1) is 18.2 Å². The topological polar surface area (TPSA) is 18.5 Å². The Hall–Kier alpha value is -0.290. The van der Waals surface area contributed by atoms with Crippen molar-refractivity contribution >= 4 is 23.4 Å². The summed E-state index contributed by atoms with van der Waals surface area (Å²) in [7, 11) is 0. The van der Waals surface area contributed by atoms with Crippen LogP contribution >= 0.6 is 23.4 Å². The highest BCUT2D eigenvalue weighted by molar-refractivity contribution is 7.98. The highest BCUT2D eigenvalue weighted by Crippen LogP contribution is 2.33. The normalized spacial score (nSPS) is 17.3. The maximum Gasteiger partial charge on any atom is 0.185 e. The molecule has 0 N–H and O–H groups in total. The summed E-state index contributed by atoms with van der Waals surface area (Å²) in [5.41, 5.74) is 0.694. The molecule has 0 amide bonds. The molecule has 1 aliphatic rings. The Kier molecular flexibility index (Phi) is 3.51. The van der Waals surface area contributed by atoms with E-state index < -0.39 is 6.29 Å². The van der Waals surface area contributed by atoms with Crippen LogP contribution in [0.4, 0.5) is 4.39 Å². The van der Waals surface area contributed by atoms with Gasteiger partial charge in [0.15, 0.2) is 6.29 Å². The zero-order valence-electron chi connectivity index (χ0n) is 8.13. The Labute approximate surface area is 96.7 Å². The summed E-state index contributed by atoms with van der Waals surface area (Å²) in [5.74, 6) is -0.311. The van der Waals surface area contributed by atoms with Crippen molar-refractivity contribution in [3.63, 3.8) is 0 Å². The summed E-state index contributed by atoms with van der Waals surface area (Å²) >= 11 is 7.26. The Morgan fingerprint density at radius 2 is 2.07 bits per heavy atom. The molecular weight excluding hydrogens is 239 g/mol. The van der Waals surface area contributed by atoms with Gasteiger partial charge in [-0.05, 0) is 18.4 Å². The highest BCUT2D eigenvalue weighted by Gasteiger charge is 2.22. The molecule has 2 rings (SSSR count).